The van der Waals surface area contributed by atoms with Gasteiger partial charge in [-0.15, -0.1) is 11.8 Å². The smallest absolute Gasteiger partial charge is 0.373 e. The minimum atomic E-state index is -4.42. The second kappa shape index (κ2) is 8.66. The summed E-state index contributed by atoms with van der Waals surface area (Å²) in [7, 11) is 5.85. The number of thioether (sulfide) groups is 1. The molecule has 0 saturated carbocycles. The van der Waals surface area contributed by atoms with E-state index in [0.717, 1.165) is 29.8 Å². The predicted molar refractivity (Wildman–Crippen MR) is 101 cm³/mol. The van der Waals surface area contributed by atoms with E-state index >= 15 is 0 Å². The number of hydrogen-bond donors (Lipinski definition) is 1. The van der Waals surface area contributed by atoms with Crippen molar-refractivity contribution < 1.29 is 13.2 Å². The van der Waals surface area contributed by atoms with E-state index in [1.165, 1.54) is 6.07 Å². The Morgan fingerprint density at radius 2 is 1.96 bits per heavy atom. The number of hydrogen-bond acceptors (Lipinski definition) is 4. The molecule has 1 aliphatic rings. The molecule has 8 heteroatoms. The maximum Gasteiger partial charge on any atom is 0.416 e. The zero-order chi connectivity index (χ0) is 18.6. The van der Waals surface area contributed by atoms with Crippen LogP contribution in [0.25, 0.3) is 6.08 Å². The zero-order valence-corrected chi connectivity index (χ0v) is 16.2. The van der Waals surface area contributed by atoms with Gasteiger partial charge >= 0.3 is 6.18 Å². The van der Waals surface area contributed by atoms with Crippen LogP contribution < -0.4 is 10.2 Å². The second-order valence-corrected chi connectivity index (χ2v) is 7.81. The average molecular weight is 394 g/mol. The first-order valence-corrected chi connectivity index (χ1v) is 9.35. The van der Waals surface area contributed by atoms with E-state index in [1.807, 2.05) is 32.1 Å². The van der Waals surface area contributed by atoms with Crippen LogP contribution in [0.3, 0.4) is 0 Å². The van der Waals surface area contributed by atoms with Gasteiger partial charge in [0.05, 0.1) is 16.3 Å². The van der Waals surface area contributed by atoms with Gasteiger partial charge in [0.2, 0.25) is 0 Å². The molecule has 0 atom stereocenters. The van der Waals surface area contributed by atoms with Crippen molar-refractivity contribution in [1.82, 2.24) is 10.2 Å². The molecule has 0 spiro atoms. The summed E-state index contributed by atoms with van der Waals surface area (Å²) in [6.45, 7) is 2.28. The van der Waals surface area contributed by atoms with Crippen molar-refractivity contribution in [3.8, 4) is 0 Å². The van der Waals surface area contributed by atoms with Gasteiger partial charge in [-0.25, -0.2) is 0 Å². The van der Waals surface area contributed by atoms with E-state index in [1.54, 1.807) is 11.8 Å². The molecule has 0 amide bonds. The first-order valence-electron chi connectivity index (χ1n) is 7.99. The normalized spacial score (nSPS) is 16.9. The molecule has 25 heavy (non-hydrogen) atoms. The molecule has 1 aromatic rings. The molecule has 3 nitrogen and oxygen atoms in total. The number of nitrogens with zero attached hydrogens (tertiary/aromatic N) is 2. The average Bonchev–Trinajstić information content (AvgIpc) is 2.98. The molecule has 0 unspecified atom stereocenters. The summed E-state index contributed by atoms with van der Waals surface area (Å²) < 4.78 is 39.5. The molecule has 1 heterocycles. The largest absolute Gasteiger partial charge is 0.416 e. The van der Waals surface area contributed by atoms with Gasteiger partial charge in [0.25, 0.3) is 0 Å². The van der Waals surface area contributed by atoms with Crippen molar-refractivity contribution >= 4 is 35.1 Å². The molecule has 0 radical (unpaired) electrons. The second-order valence-electron chi connectivity index (χ2n) is 6.30. The van der Waals surface area contributed by atoms with Crippen LogP contribution in [0.1, 0.15) is 17.5 Å². The first kappa shape index (κ1) is 20.4. The van der Waals surface area contributed by atoms with Crippen molar-refractivity contribution in [2.75, 3.05) is 51.6 Å². The fraction of sp³-hybridized carbons (Fsp3) is 0.529. The van der Waals surface area contributed by atoms with Gasteiger partial charge in [0.15, 0.2) is 0 Å². The molecule has 0 bridgehead atoms. The summed E-state index contributed by atoms with van der Waals surface area (Å²) in [4.78, 5) is 5.02. The Labute approximate surface area is 156 Å². The fourth-order valence-electron chi connectivity index (χ4n) is 2.67. The number of rotatable bonds is 6. The van der Waals surface area contributed by atoms with Crippen LogP contribution in [-0.4, -0.2) is 51.6 Å². The Hall–Kier alpha value is -0.890. The Bertz CT molecular complexity index is 624. The highest BCUT2D eigenvalue weighted by molar-refractivity contribution is 8.03. The summed E-state index contributed by atoms with van der Waals surface area (Å²) in [6.07, 6.45) is -1.71. The molecule has 140 valence electrons. The summed E-state index contributed by atoms with van der Waals surface area (Å²) in [5.74, 6) is 0.770. The first-order chi connectivity index (χ1) is 11.7. The minimum Gasteiger partial charge on any atom is -0.373 e. The summed E-state index contributed by atoms with van der Waals surface area (Å²) in [5, 5.41) is 3.30. The molecular formula is C17H23ClF3N3S. The molecule has 1 aromatic carbocycles. The minimum absolute atomic E-state index is 0.130. The summed E-state index contributed by atoms with van der Waals surface area (Å²) >= 11 is 7.86. The van der Waals surface area contributed by atoms with Crippen molar-refractivity contribution in [2.45, 2.75) is 12.6 Å². The SMILES string of the molecule is CN(C)CCCN(C)c1c(Cl)cc(C(F)(F)F)cc1C=C1CNCS1. The van der Waals surface area contributed by atoms with Crippen LogP contribution in [0.4, 0.5) is 18.9 Å². The van der Waals surface area contributed by atoms with Gasteiger partial charge in [-0.3, -0.25) is 0 Å². The molecule has 1 aliphatic heterocycles. The van der Waals surface area contributed by atoms with Gasteiger partial charge in [-0.1, -0.05) is 11.6 Å². The monoisotopic (exact) mass is 393 g/mol. The van der Waals surface area contributed by atoms with Gasteiger partial charge in [-0.05, 0) is 45.3 Å². The topological polar surface area (TPSA) is 18.5 Å². The lowest BCUT2D eigenvalue weighted by Crippen LogP contribution is -2.24. The Morgan fingerprint density at radius 3 is 2.52 bits per heavy atom. The Morgan fingerprint density at radius 1 is 1.24 bits per heavy atom. The van der Waals surface area contributed by atoms with Crippen molar-refractivity contribution in [1.29, 1.82) is 0 Å². The molecule has 0 aliphatic carbocycles. The van der Waals surface area contributed by atoms with Crippen LogP contribution in [0.5, 0.6) is 0 Å². The number of nitrogens with one attached hydrogen (secondary N) is 1. The standard InChI is InChI=1S/C17H23ClF3N3S/c1-23(2)5-4-6-24(3)16-12(8-14-10-22-11-25-14)7-13(9-15(16)18)17(19,20)21/h7-9,22H,4-6,10-11H2,1-3H3. The summed E-state index contributed by atoms with van der Waals surface area (Å²) in [6, 6.07) is 2.21. The third kappa shape index (κ3) is 5.81. The molecule has 1 fully saturated rings. The van der Waals surface area contributed by atoms with Crippen LogP contribution in [0.15, 0.2) is 17.0 Å². The zero-order valence-electron chi connectivity index (χ0n) is 14.6. The predicted octanol–water partition coefficient (Wildman–Crippen LogP) is 4.38. The highest BCUT2D eigenvalue weighted by atomic mass is 35.5. The molecular weight excluding hydrogens is 371 g/mol. The van der Waals surface area contributed by atoms with Gasteiger partial charge in [-0.2, -0.15) is 13.2 Å². The summed E-state index contributed by atoms with van der Waals surface area (Å²) in [5.41, 5.74) is 0.442. The van der Waals surface area contributed by atoms with Crippen molar-refractivity contribution in [3.63, 3.8) is 0 Å². The molecule has 2 rings (SSSR count). The molecule has 0 aromatic heterocycles. The highest BCUT2D eigenvalue weighted by Crippen LogP contribution is 2.39. The number of alkyl halides is 3. The van der Waals surface area contributed by atoms with Crippen LogP contribution in [0, 0.1) is 0 Å². The number of halogens is 4. The highest BCUT2D eigenvalue weighted by Gasteiger charge is 2.32. The van der Waals surface area contributed by atoms with Crippen LogP contribution in [0.2, 0.25) is 5.02 Å². The molecule has 1 N–H and O–H groups in total. The van der Waals surface area contributed by atoms with E-state index in [-0.39, 0.29) is 5.02 Å². The molecule has 1 saturated heterocycles. The van der Waals surface area contributed by atoms with Crippen LogP contribution >= 0.6 is 23.4 Å². The lowest BCUT2D eigenvalue weighted by molar-refractivity contribution is -0.137. The van der Waals surface area contributed by atoms with E-state index in [9.17, 15) is 13.2 Å². The maximum absolute atomic E-state index is 13.2. The quantitative estimate of drug-likeness (QED) is 0.772. The Balaban J connectivity index is 2.37. The third-order valence-corrected chi connectivity index (χ3v) is 5.15. The lowest BCUT2D eigenvalue weighted by atomic mass is 10.1. The van der Waals surface area contributed by atoms with E-state index < -0.39 is 11.7 Å². The van der Waals surface area contributed by atoms with Gasteiger partial charge in [0, 0.05) is 36.5 Å². The van der Waals surface area contributed by atoms with Crippen LogP contribution in [-0.2, 0) is 6.18 Å². The third-order valence-electron chi connectivity index (χ3n) is 3.88. The Kier molecular flexibility index (Phi) is 7.08. The fourth-order valence-corrected chi connectivity index (χ4v) is 3.84. The van der Waals surface area contributed by atoms with E-state index in [0.29, 0.717) is 24.3 Å². The van der Waals surface area contributed by atoms with Crippen molar-refractivity contribution in [3.05, 3.63) is 33.2 Å². The maximum atomic E-state index is 13.2. The van der Waals surface area contributed by atoms with E-state index in [4.69, 9.17) is 11.6 Å². The van der Waals surface area contributed by atoms with Gasteiger partial charge < -0.3 is 15.1 Å². The van der Waals surface area contributed by atoms with Crippen molar-refractivity contribution in [2.24, 2.45) is 0 Å². The lowest BCUT2D eigenvalue weighted by Gasteiger charge is -2.25. The number of anilines is 1. The number of benzene rings is 1. The van der Waals surface area contributed by atoms with E-state index in [2.05, 4.69) is 10.2 Å². The van der Waals surface area contributed by atoms with Gasteiger partial charge in [0.1, 0.15) is 0 Å².